The molecule has 0 heterocycles. The second-order valence-electron chi connectivity index (χ2n) is 7.02. The number of nitrogens with zero attached hydrogens (tertiary/aromatic N) is 2. The Morgan fingerprint density at radius 1 is 1.13 bits per heavy atom. The van der Waals surface area contributed by atoms with Crippen LogP contribution in [0.15, 0.2) is 53.4 Å². The highest BCUT2D eigenvalue weighted by Gasteiger charge is 2.29. The van der Waals surface area contributed by atoms with Gasteiger partial charge in [0, 0.05) is 25.7 Å². The fraction of sp³-hybridized carbons (Fsp3) is 0.333. The van der Waals surface area contributed by atoms with Crippen LogP contribution in [0.5, 0.6) is 0 Å². The summed E-state index contributed by atoms with van der Waals surface area (Å²) in [6.07, 6.45) is 0. The van der Waals surface area contributed by atoms with Crippen LogP contribution in [0, 0.1) is 6.92 Å². The first-order valence-electron chi connectivity index (χ1n) is 9.34. The summed E-state index contributed by atoms with van der Waals surface area (Å²) in [5.74, 6) is -0.848. The van der Waals surface area contributed by atoms with E-state index >= 15 is 0 Å². The molecule has 0 aliphatic heterocycles. The number of likely N-dealkylation sites (N-methyl/N-ethyl adjacent to an activating group) is 2. The average molecular weight is 452 g/mol. The highest BCUT2D eigenvalue weighted by atomic mass is 35.5. The molecule has 0 radical (unpaired) electrons. The number of hydrogen-bond donors (Lipinski definition) is 1. The van der Waals surface area contributed by atoms with Gasteiger partial charge in [-0.15, -0.1) is 0 Å². The molecule has 9 heteroatoms. The molecule has 162 valence electrons. The van der Waals surface area contributed by atoms with Crippen molar-refractivity contribution in [3.8, 4) is 0 Å². The van der Waals surface area contributed by atoms with Gasteiger partial charge >= 0.3 is 0 Å². The maximum atomic E-state index is 13.0. The van der Waals surface area contributed by atoms with Crippen LogP contribution in [0.4, 0.5) is 0 Å². The first kappa shape index (κ1) is 23.9. The van der Waals surface area contributed by atoms with Crippen LogP contribution in [-0.4, -0.2) is 56.1 Å². The van der Waals surface area contributed by atoms with Gasteiger partial charge < -0.3 is 10.2 Å². The number of carbonyl (C=O) groups is 2. The summed E-state index contributed by atoms with van der Waals surface area (Å²) in [5, 5.41) is 3.03. The first-order valence-corrected chi connectivity index (χ1v) is 11.2. The molecule has 0 saturated carbocycles. The van der Waals surface area contributed by atoms with Crippen LogP contribution in [0.3, 0.4) is 0 Å². The predicted octanol–water partition coefficient (Wildman–Crippen LogP) is 2.43. The van der Waals surface area contributed by atoms with Crippen LogP contribution in [-0.2, 0) is 26.2 Å². The Balaban J connectivity index is 2.26. The molecule has 1 atom stereocenters. The summed E-state index contributed by atoms with van der Waals surface area (Å²) in [4.78, 5) is 26.7. The van der Waals surface area contributed by atoms with Crippen molar-refractivity contribution in [1.29, 1.82) is 0 Å². The number of amides is 2. The molecule has 0 fully saturated rings. The minimum absolute atomic E-state index is 0.101. The summed E-state index contributed by atoms with van der Waals surface area (Å²) in [6, 6.07) is 12.5. The Hall–Kier alpha value is -2.42. The summed E-state index contributed by atoms with van der Waals surface area (Å²) >= 11 is 6.03. The molecule has 2 aromatic carbocycles. The van der Waals surface area contributed by atoms with Gasteiger partial charge in [-0.2, -0.15) is 4.31 Å². The summed E-state index contributed by atoms with van der Waals surface area (Å²) in [5.41, 5.74) is 1.66. The summed E-state index contributed by atoms with van der Waals surface area (Å²) < 4.78 is 26.6. The smallest absolute Gasteiger partial charge is 0.243 e. The van der Waals surface area contributed by atoms with E-state index in [0.717, 1.165) is 15.4 Å². The van der Waals surface area contributed by atoms with Gasteiger partial charge in [0.15, 0.2) is 0 Å². The number of sulfonamides is 1. The van der Waals surface area contributed by atoms with Crippen molar-refractivity contribution in [2.75, 3.05) is 20.6 Å². The van der Waals surface area contributed by atoms with Crippen molar-refractivity contribution in [1.82, 2.24) is 14.5 Å². The van der Waals surface area contributed by atoms with E-state index in [9.17, 15) is 18.0 Å². The van der Waals surface area contributed by atoms with Crippen molar-refractivity contribution >= 4 is 33.4 Å². The van der Waals surface area contributed by atoms with Gasteiger partial charge in [-0.05, 0) is 43.7 Å². The lowest BCUT2D eigenvalue weighted by Crippen LogP contribution is -2.50. The molecular weight excluding hydrogens is 426 g/mol. The highest BCUT2D eigenvalue weighted by molar-refractivity contribution is 7.89. The van der Waals surface area contributed by atoms with Gasteiger partial charge in [-0.1, -0.05) is 41.4 Å². The second kappa shape index (κ2) is 10.1. The second-order valence-corrected chi connectivity index (χ2v) is 9.50. The third-order valence-corrected chi connectivity index (χ3v) is 6.80. The van der Waals surface area contributed by atoms with Crippen LogP contribution in [0.25, 0.3) is 0 Å². The van der Waals surface area contributed by atoms with Crippen LogP contribution < -0.4 is 5.32 Å². The number of aryl methyl sites for hydroxylation is 1. The van der Waals surface area contributed by atoms with Crippen LogP contribution in [0.2, 0.25) is 5.02 Å². The molecule has 0 bridgehead atoms. The quantitative estimate of drug-likeness (QED) is 0.667. The zero-order valence-electron chi connectivity index (χ0n) is 17.4. The van der Waals surface area contributed by atoms with Crippen molar-refractivity contribution in [3.63, 3.8) is 0 Å². The zero-order valence-corrected chi connectivity index (χ0v) is 19.0. The Bertz CT molecular complexity index is 1010. The van der Waals surface area contributed by atoms with Gasteiger partial charge in [0.05, 0.1) is 11.4 Å². The lowest BCUT2D eigenvalue weighted by atomic mass is 10.1. The van der Waals surface area contributed by atoms with Crippen LogP contribution in [0.1, 0.15) is 18.1 Å². The third kappa shape index (κ3) is 5.81. The molecule has 30 heavy (non-hydrogen) atoms. The minimum Gasteiger partial charge on any atom is -0.357 e. The lowest BCUT2D eigenvalue weighted by molar-refractivity contribution is -0.140. The average Bonchev–Trinajstić information content (AvgIpc) is 2.71. The van der Waals surface area contributed by atoms with Gasteiger partial charge in [0.1, 0.15) is 6.04 Å². The van der Waals surface area contributed by atoms with E-state index in [1.165, 1.54) is 31.1 Å². The van der Waals surface area contributed by atoms with Gasteiger partial charge in [-0.25, -0.2) is 8.42 Å². The van der Waals surface area contributed by atoms with Crippen molar-refractivity contribution in [2.45, 2.75) is 31.3 Å². The number of nitrogens with one attached hydrogen (secondary N) is 1. The maximum absolute atomic E-state index is 13.0. The van der Waals surface area contributed by atoms with E-state index in [4.69, 9.17) is 11.6 Å². The largest absolute Gasteiger partial charge is 0.357 e. The fourth-order valence-corrected chi connectivity index (χ4v) is 4.21. The van der Waals surface area contributed by atoms with Crippen molar-refractivity contribution < 1.29 is 18.0 Å². The fourth-order valence-electron chi connectivity index (χ4n) is 2.88. The highest BCUT2D eigenvalue weighted by Crippen LogP contribution is 2.18. The number of halogens is 1. The Kier molecular flexibility index (Phi) is 8.00. The molecule has 0 aliphatic carbocycles. The van der Waals surface area contributed by atoms with E-state index in [-0.39, 0.29) is 17.3 Å². The van der Waals surface area contributed by atoms with E-state index in [2.05, 4.69) is 5.32 Å². The monoisotopic (exact) mass is 451 g/mol. The molecule has 7 nitrogen and oxygen atoms in total. The predicted molar refractivity (Wildman–Crippen MR) is 117 cm³/mol. The Morgan fingerprint density at radius 3 is 2.33 bits per heavy atom. The molecule has 0 aromatic heterocycles. The van der Waals surface area contributed by atoms with Gasteiger partial charge in [0.25, 0.3) is 0 Å². The molecule has 2 amide bonds. The van der Waals surface area contributed by atoms with Crippen molar-refractivity contribution in [3.05, 3.63) is 64.7 Å². The molecule has 0 unspecified atom stereocenters. The molecular formula is C21H26ClN3O4S. The molecule has 0 saturated heterocycles. The molecule has 0 aliphatic rings. The summed E-state index contributed by atoms with van der Waals surface area (Å²) in [7, 11) is -1.03. The van der Waals surface area contributed by atoms with Crippen molar-refractivity contribution in [2.24, 2.45) is 0 Å². The molecule has 0 spiro atoms. The number of carbonyl (C=O) groups excluding carboxylic acids is 2. The summed E-state index contributed by atoms with van der Waals surface area (Å²) in [6.45, 7) is 3.16. The Morgan fingerprint density at radius 2 is 1.77 bits per heavy atom. The molecule has 2 aromatic rings. The minimum atomic E-state index is -3.85. The van der Waals surface area contributed by atoms with E-state index in [1.807, 2.05) is 6.92 Å². The lowest BCUT2D eigenvalue weighted by Gasteiger charge is -2.30. The number of benzene rings is 2. The normalized spacial score (nSPS) is 12.5. The third-order valence-electron chi connectivity index (χ3n) is 4.74. The first-order chi connectivity index (χ1) is 14.1. The zero-order chi connectivity index (χ0) is 22.5. The van der Waals surface area contributed by atoms with E-state index in [1.54, 1.807) is 43.3 Å². The van der Waals surface area contributed by atoms with Gasteiger partial charge in [0.2, 0.25) is 21.8 Å². The van der Waals surface area contributed by atoms with E-state index < -0.39 is 28.5 Å². The van der Waals surface area contributed by atoms with Gasteiger partial charge in [-0.3, -0.25) is 9.59 Å². The number of hydrogen-bond acceptors (Lipinski definition) is 4. The maximum Gasteiger partial charge on any atom is 0.243 e. The van der Waals surface area contributed by atoms with Crippen LogP contribution >= 0.6 is 11.6 Å². The SMILES string of the molecule is CNC(=O)[C@@H](C)N(Cc1cccc(Cl)c1)C(=O)CN(C)S(=O)(=O)c1ccc(C)cc1. The molecule has 2 rings (SSSR count). The topological polar surface area (TPSA) is 86.8 Å². The standard InChI is InChI=1S/C21H26ClN3O4S/c1-15-8-10-19(11-9-15)30(28,29)24(4)14-20(26)25(16(2)21(27)23-3)13-17-6-5-7-18(22)12-17/h5-12,16H,13-14H2,1-4H3,(H,23,27)/t16-/m1/s1. The number of rotatable bonds is 8. The molecule has 1 N–H and O–H groups in total. The Labute approximate surface area is 182 Å². The van der Waals surface area contributed by atoms with E-state index in [0.29, 0.717) is 5.02 Å².